The number of carbonyl (C=O) groups is 2. The minimum absolute atomic E-state index is 0.0669. The van der Waals surface area contributed by atoms with Crippen molar-refractivity contribution in [2.45, 2.75) is 51.1 Å². The number of amides is 2. The van der Waals surface area contributed by atoms with Gasteiger partial charge in [0.15, 0.2) is 0 Å². The van der Waals surface area contributed by atoms with Crippen molar-refractivity contribution in [2.75, 3.05) is 19.6 Å². The first kappa shape index (κ1) is 16.9. The Labute approximate surface area is 139 Å². The summed E-state index contributed by atoms with van der Waals surface area (Å²) in [5.41, 5.74) is 0.873. The van der Waals surface area contributed by atoms with Crippen molar-refractivity contribution in [1.82, 2.24) is 19.6 Å². The molecule has 0 saturated carbocycles. The number of hydrogen-bond acceptors (Lipinski definition) is 3. The smallest absolute Gasteiger partial charge is 0.282 e. The molecule has 132 valence electrons. The third-order valence-electron chi connectivity index (χ3n) is 4.59. The van der Waals surface area contributed by atoms with Crippen LogP contribution in [0, 0.1) is 0 Å². The van der Waals surface area contributed by atoms with Crippen LogP contribution in [-0.4, -0.2) is 57.0 Å². The summed E-state index contributed by atoms with van der Waals surface area (Å²) < 4.78 is 27.6. The molecular formula is C16H22F2N4O2. The summed E-state index contributed by atoms with van der Waals surface area (Å²) in [5, 5.41) is 4.24. The van der Waals surface area contributed by atoms with E-state index in [4.69, 9.17) is 0 Å². The summed E-state index contributed by atoms with van der Waals surface area (Å²) in [7, 11) is 0. The minimum atomic E-state index is -2.76. The Hall–Kier alpha value is -1.99. The lowest BCUT2D eigenvalue weighted by molar-refractivity contribution is -0.166. The fourth-order valence-corrected chi connectivity index (χ4v) is 3.23. The van der Waals surface area contributed by atoms with E-state index < -0.39 is 19.0 Å². The predicted octanol–water partition coefficient (Wildman–Crippen LogP) is 1.82. The van der Waals surface area contributed by atoms with E-state index in [0.717, 1.165) is 18.5 Å². The molecule has 1 fully saturated rings. The quantitative estimate of drug-likeness (QED) is 0.822. The van der Waals surface area contributed by atoms with Crippen LogP contribution in [0.25, 0.3) is 0 Å². The highest BCUT2D eigenvalue weighted by Crippen LogP contribution is 2.30. The van der Waals surface area contributed by atoms with Crippen LogP contribution in [-0.2, 0) is 16.1 Å². The van der Waals surface area contributed by atoms with Crippen LogP contribution in [0.4, 0.5) is 8.78 Å². The Morgan fingerprint density at radius 1 is 1.29 bits per heavy atom. The molecule has 6 nitrogen and oxygen atoms in total. The van der Waals surface area contributed by atoms with Crippen LogP contribution in [0.1, 0.15) is 44.3 Å². The third-order valence-corrected chi connectivity index (χ3v) is 4.59. The zero-order valence-corrected chi connectivity index (χ0v) is 13.8. The van der Waals surface area contributed by atoms with Crippen LogP contribution < -0.4 is 0 Å². The molecular weight excluding hydrogens is 318 g/mol. The Morgan fingerprint density at radius 2 is 2.04 bits per heavy atom. The highest BCUT2D eigenvalue weighted by atomic mass is 19.3. The summed E-state index contributed by atoms with van der Waals surface area (Å²) in [6.45, 7) is 1.89. The van der Waals surface area contributed by atoms with Gasteiger partial charge in [0.2, 0.25) is 11.8 Å². The molecule has 0 bridgehead atoms. The van der Waals surface area contributed by atoms with Gasteiger partial charge in [0.25, 0.3) is 5.92 Å². The van der Waals surface area contributed by atoms with Gasteiger partial charge < -0.3 is 9.80 Å². The number of unbranched alkanes of at least 4 members (excludes halogenated alkanes) is 1. The second-order valence-corrected chi connectivity index (χ2v) is 6.61. The van der Waals surface area contributed by atoms with Gasteiger partial charge in [-0.3, -0.25) is 14.3 Å². The van der Waals surface area contributed by atoms with Crippen molar-refractivity contribution in [3.8, 4) is 0 Å². The first-order valence-corrected chi connectivity index (χ1v) is 8.35. The molecule has 24 heavy (non-hydrogen) atoms. The highest BCUT2D eigenvalue weighted by molar-refractivity contribution is 5.78. The molecule has 2 aliphatic rings. The predicted molar refractivity (Wildman–Crippen MR) is 82.4 cm³/mol. The number of fused-ring (bicyclic) bond motifs is 1. The van der Waals surface area contributed by atoms with Crippen molar-refractivity contribution < 1.29 is 18.4 Å². The van der Waals surface area contributed by atoms with Gasteiger partial charge in [-0.1, -0.05) is 13.3 Å². The zero-order chi connectivity index (χ0) is 17.3. The average molecular weight is 340 g/mol. The summed E-state index contributed by atoms with van der Waals surface area (Å²) in [6.07, 6.45) is 4.00. The van der Waals surface area contributed by atoms with Gasteiger partial charge in [-0.05, 0) is 12.5 Å². The van der Waals surface area contributed by atoms with Crippen molar-refractivity contribution in [3.05, 3.63) is 18.0 Å². The summed E-state index contributed by atoms with van der Waals surface area (Å²) in [4.78, 5) is 27.4. The molecule has 0 radical (unpaired) electrons. The van der Waals surface area contributed by atoms with Crippen LogP contribution in [0.3, 0.4) is 0 Å². The normalized spacial score (nSPS) is 22.0. The van der Waals surface area contributed by atoms with Crippen LogP contribution in [0.2, 0.25) is 0 Å². The number of aromatic nitrogens is 2. The van der Waals surface area contributed by atoms with Crippen LogP contribution >= 0.6 is 0 Å². The van der Waals surface area contributed by atoms with Gasteiger partial charge in [0, 0.05) is 19.2 Å². The molecule has 0 aliphatic carbocycles. The lowest BCUT2D eigenvalue weighted by Gasteiger charge is -2.40. The fourth-order valence-electron chi connectivity index (χ4n) is 3.23. The number of hydrogen-bond donors (Lipinski definition) is 0. The molecule has 1 aromatic heterocycles. The lowest BCUT2D eigenvalue weighted by atomic mass is 10.1. The maximum atomic E-state index is 12.9. The number of carbonyl (C=O) groups excluding carboxylic acids is 2. The maximum Gasteiger partial charge on any atom is 0.282 e. The van der Waals surface area contributed by atoms with E-state index in [1.54, 1.807) is 15.8 Å². The van der Waals surface area contributed by atoms with Gasteiger partial charge in [0.1, 0.15) is 0 Å². The number of halogens is 2. The Kier molecular flexibility index (Phi) is 4.56. The van der Waals surface area contributed by atoms with Crippen LogP contribution in [0.5, 0.6) is 0 Å². The Balaban J connectivity index is 1.66. The SMILES string of the molecule is CCCCC(=O)N1Cc2ccnn2C(CC(=O)N2CC(F)(F)C2)C1. The topological polar surface area (TPSA) is 58.4 Å². The van der Waals surface area contributed by atoms with Crippen molar-refractivity contribution >= 4 is 11.8 Å². The van der Waals surface area contributed by atoms with Crippen LogP contribution in [0.15, 0.2) is 12.3 Å². The summed E-state index contributed by atoms with van der Waals surface area (Å²) in [6, 6.07) is 1.53. The standard InChI is InChI=1S/C16H22F2N4O2/c1-2-3-4-14(23)20-8-12-5-6-19-22(12)13(9-20)7-15(24)21-10-16(17,18)11-21/h5-6,13H,2-4,7-11H2,1H3. The molecule has 1 atom stereocenters. The number of alkyl halides is 2. The monoisotopic (exact) mass is 340 g/mol. The van der Waals surface area contributed by atoms with Gasteiger partial charge >= 0.3 is 0 Å². The van der Waals surface area contributed by atoms with E-state index in [2.05, 4.69) is 5.10 Å². The van der Waals surface area contributed by atoms with E-state index in [1.165, 1.54) is 4.90 Å². The second-order valence-electron chi connectivity index (χ2n) is 6.61. The fraction of sp³-hybridized carbons (Fsp3) is 0.688. The van der Waals surface area contributed by atoms with Gasteiger partial charge in [-0.15, -0.1) is 0 Å². The van der Waals surface area contributed by atoms with Gasteiger partial charge in [0.05, 0.1) is 37.8 Å². The zero-order valence-electron chi connectivity index (χ0n) is 13.8. The molecule has 3 rings (SSSR count). The van der Waals surface area contributed by atoms with E-state index in [0.29, 0.717) is 19.5 Å². The molecule has 8 heteroatoms. The molecule has 1 aromatic rings. The van der Waals surface area contributed by atoms with E-state index >= 15 is 0 Å². The highest BCUT2D eigenvalue weighted by Gasteiger charge is 2.46. The molecule has 2 aliphatic heterocycles. The Bertz CT molecular complexity index is 623. The third kappa shape index (κ3) is 3.42. The maximum absolute atomic E-state index is 12.9. The number of nitrogens with zero attached hydrogens (tertiary/aromatic N) is 4. The van der Waals surface area contributed by atoms with E-state index in [1.807, 2.05) is 13.0 Å². The minimum Gasteiger partial charge on any atom is -0.335 e. The number of rotatable bonds is 5. The van der Waals surface area contributed by atoms with Crippen molar-refractivity contribution in [3.63, 3.8) is 0 Å². The lowest BCUT2D eigenvalue weighted by Crippen LogP contribution is -2.59. The first-order chi connectivity index (χ1) is 11.4. The van der Waals surface area contributed by atoms with E-state index in [9.17, 15) is 18.4 Å². The molecule has 0 aromatic carbocycles. The molecule has 0 spiro atoms. The molecule has 0 N–H and O–H groups in total. The summed E-state index contributed by atoms with van der Waals surface area (Å²) in [5.74, 6) is -3.01. The first-order valence-electron chi connectivity index (χ1n) is 8.35. The molecule has 2 amide bonds. The Morgan fingerprint density at radius 3 is 2.71 bits per heavy atom. The van der Waals surface area contributed by atoms with Crippen molar-refractivity contribution in [2.24, 2.45) is 0 Å². The summed E-state index contributed by atoms with van der Waals surface area (Å²) >= 11 is 0. The largest absolute Gasteiger partial charge is 0.335 e. The molecule has 3 heterocycles. The molecule has 1 saturated heterocycles. The van der Waals surface area contributed by atoms with Gasteiger partial charge in [-0.2, -0.15) is 5.10 Å². The second kappa shape index (κ2) is 6.49. The van der Waals surface area contributed by atoms with E-state index in [-0.39, 0.29) is 24.3 Å². The van der Waals surface area contributed by atoms with Gasteiger partial charge in [-0.25, -0.2) is 8.78 Å². The average Bonchev–Trinajstić information content (AvgIpc) is 2.98. The number of likely N-dealkylation sites (tertiary alicyclic amines) is 1. The molecule has 1 unspecified atom stereocenters. The van der Waals surface area contributed by atoms with Crippen molar-refractivity contribution in [1.29, 1.82) is 0 Å².